The number of hydrogen-bond acceptors (Lipinski definition) is 4. The molecule has 0 bridgehead atoms. The van der Waals surface area contributed by atoms with Crippen LogP contribution in [0.5, 0.6) is 5.75 Å². The van der Waals surface area contributed by atoms with E-state index < -0.39 is 27.3 Å². The van der Waals surface area contributed by atoms with E-state index in [1.807, 2.05) is 6.07 Å². The molecule has 3 aromatic carbocycles. The van der Waals surface area contributed by atoms with Crippen LogP contribution in [0.3, 0.4) is 0 Å². The van der Waals surface area contributed by atoms with E-state index in [9.17, 15) is 31.5 Å². The number of benzene rings is 3. The zero-order chi connectivity index (χ0) is 27.4. The maximum atomic E-state index is 13.1. The third-order valence-electron chi connectivity index (χ3n) is 7.09. The van der Waals surface area contributed by atoms with Gasteiger partial charge >= 0.3 is 21.6 Å². The highest BCUT2D eigenvalue weighted by Gasteiger charge is 2.49. The molecule has 0 fully saturated rings. The van der Waals surface area contributed by atoms with Crippen molar-refractivity contribution in [2.45, 2.75) is 56.9 Å². The van der Waals surface area contributed by atoms with E-state index >= 15 is 0 Å². The zero-order valence-electron chi connectivity index (χ0n) is 20.8. The number of carboxylic acids is 1. The fourth-order valence-corrected chi connectivity index (χ4v) is 5.21. The molecule has 0 heterocycles. The van der Waals surface area contributed by atoms with Gasteiger partial charge in [0.15, 0.2) is 5.75 Å². The highest BCUT2D eigenvalue weighted by molar-refractivity contribution is 7.88. The number of rotatable bonds is 5. The van der Waals surface area contributed by atoms with Crippen molar-refractivity contribution in [1.29, 1.82) is 0 Å². The molecule has 0 unspecified atom stereocenters. The van der Waals surface area contributed by atoms with E-state index in [0.29, 0.717) is 11.1 Å². The Kier molecular flexibility index (Phi) is 6.43. The van der Waals surface area contributed by atoms with Gasteiger partial charge in [-0.1, -0.05) is 64.1 Å². The van der Waals surface area contributed by atoms with E-state index in [1.165, 1.54) is 47.5 Å². The number of carboxylic acid groups (broad SMARTS) is 1. The zero-order valence-corrected chi connectivity index (χ0v) is 21.6. The number of aromatic carboxylic acids is 1. The van der Waals surface area contributed by atoms with Crippen molar-refractivity contribution in [2.75, 3.05) is 0 Å². The van der Waals surface area contributed by atoms with Crippen LogP contribution in [-0.4, -0.2) is 25.0 Å². The molecule has 0 atom stereocenters. The Morgan fingerprint density at radius 1 is 0.811 bits per heavy atom. The molecule has 1 aliphatic carbocycles. The number of hydrogen-bond donors (Lipinski definition) is 1. The van der Waals surface area contributed by atoms with Crippen molar-refractivity contribution in [3.8, 4) is 28.0 Å². The first-order valence-corrected chi connectivity index (χ1v) is 13.1. The second-order valence-electron chi connectivity index (χ2n) is 10.6. The third kappa shape index (κ3) is 5.09. The van der Waals surface area contributed by atoms with E-state index in [4.69, 9.17) is 0 Å². The van der Waals surface area contributed by atoms with Gasteiger partial charge in [-0.25, -0.2) is 4.79 Å². The molecule has 9 heteroatoms. The molecule has 0 spiro atoms. The monoisotopic (exact) mass is 532 g/mol. The Bertz CT molecular complexity index is 1470. The van der Waals surface area contributed by atoms with Crippen LogP contribution in [0.4, 0.5) is 13.2 Å². The van der Waals surface area contributed by atoms with Crippen molar-refractivity contribution in [3.63, 3.8) is 0 Å². The third-order valence-corrected chi connectivity index (χ3v) is 8.06. The SMILES string of the molecule is CC1(C)CCC(C)(C)c2cc(-c3ccc(OS(=O)(=O)C(F)(F)F)c(-c4ccc(C(=O)O)cc4)c3)ccc21. The number of carbonyl (C=O) groups is 1. The van der Waals surface area contributed by atoms with Crippen molar-refractivity contribution in [2.24, 2.45) is 0 Å². The van der Waals surface area contributed by atoms with Crippen LogP contribution in [0.2, 0.25) is 0 Å². The fourth-order valence-electron chi connectivity index (χ4n) is 4.73. The highest BCUT2D eigenvalue weighted by Crippen LogP contribution is 2.47. The van der Waals surface area contributed by atoms with Crippen LogP contribution in [-0.2, 0) is 20.9 Å². The summed E-state index contributed by atoms with van der Waals surface area (Å²) in [6.45, 7) is 8.76. The maximum absolute atomic E-state index is 13.1. The maximum Gasteiger partial charge on any atom is 0.534 e. The summed E-state index contributed by atoms with van der Waals surface area (Å²) < 4.78 is 67.2. The van der Waals surface area contributed by atoms with Crippen LogP contribution in [0.1, 0.15) is 62.0 Å². The van der Waals surface area contributed by atoms with Crippen molar-refractivity contribution >= 4 is 16.1 Å². The van der Waals surface area contributed by atoms with Crippen molar-refractivity contribution < 1.29 is 35.7 Å². The fraction of sp³-hybridized carbons (Fsp3) is 0.321. The molecule has 0 aromatic heterocycles. The summed E-state index contributed by atoms with van der Waals surface area (Å²) in [5, 5.41) is 9.18. The molecule has 3 aromatic rings. The minimum atomic E-state index is -5.91. The first-order chi connectivity index (χ1) is 17.0. The molecular weight excluding hydrogens is 505 g/mol. The second kappa shape index (κ2) is 8.90. The largest absolute Gasteiger partial charge is 0.534 e. The van der Waals surface area contributed by atoms with Crippen molar-refractivity contribution in [3.05, 3.63) is 77.4 Å². The predicted molar refractivity (Wildman–Crippen MR) is 135 cm³/mol. The second-order valence-corrected chi connectivity index (χ2v) is 12.1. The summed E-state index contributed by atoms with van der Waals surface area (Å²) >= 11 is 0. The Morgan fingerprint density at radius 3 is 1.89 bits per heavy atom. The molecule has 0 saturated carbocycles. The Labute approximate surface area is 214 Å². The summed E-state index contributed by atoms with van der Waals surface area (Å²) in [6.07, 6.45) is 2.04. The van der Waals surface area contributed by atoms with Crippen LogP contribution < -0.4 is 4.18 Å². The standard InChI is InChI=1S/C28H27F3O5S/c1-26(2)13-14-27(3,4)23-16-20(9-11-22(23)26)19-10-12-24(36-37(34,35)28(29,30)31)21(15-19)17-5-7-18(8-6-17)25(32)33/h5-12,15-16H,13-14H2,1-4H3,(H,32,33). The van der Waals surface area contributed by atoms with Crippen LogP contribution >= 0.6 is 0 Å². The molecule has 0 saturated heterocycles. The molecule has 196 valence electrons. The van der Waals surface area contributed by atoms with Gasteiger partial charge < -0.3 is 9.29 Å². The van der Waals surface area contributed by atoms with Gasteiger partial charge in [0.05, 0.1) is 5.56 Å². The van der Waals surface area contributed by atoms with Crippen LogP contribution in [0.25, 0.3) is 22.3 Å². The molecule has 1 aliphatic rings. The number of alkyl halides is 3. The van der Waals surface area contributed by atoms with Gasteiger partial charge in [0.25, 0.3) is 0 Å². The van der Waals surface area contributed by atoms with Gasteiger partial charge in [-0.2, -0.15) is 21.6 Å². The van der Waals surface area contributed by atoms with Gasteiger partial charge in [0.1, 0.15) is 0 Å². The molecule has 0 aliphatic heterocycles. The van der Waals surface area contributed by atoms with E-state index in [2.05, 4.69) is 44.0 Å². The Balaban J connectivity index is 1.87. The average molecular weight is 533 g/mol. The summed E-state index contributed by atoms with van der Waals surface area (Å²) in [4.78, 5) is 11.2. The predicted octanol–water partition coefficient (Wildman–Crippen LogP) is 7.30. The van der Waals surface area contributed by atoms with Gasteiger partial charge in [-0.05, 0) is 75.8 Å². The van der Waals surface area contributed by atoms with Crippen LogP contribution in [0.15, 0.2) is 60.7 Å². The highest BCUT2D eigenvalue weighted by atomic mass is 32.2. The molecule has 37 heavy (non-hydrogen) atoms. The van der Waals surface area contributed by atoms with Gasteiger partial charge in [0, 0.05) is 5.56 Å². The molecule has 0 radical (unpaired) electrons. The molecule has 1 N–H and O–H groups in total. The average Bonchev–Trinajstić information content (AvgIpc) is 2.81. The topological polar surface area (TPSA) is 80.7 Å². The number of fused-ring (bicyclic) bond motifs is 1. The normalized spacial score (nSPS) is 16.6. The summed E-state index contributed by atoms with van der Waals surface area (Å²) in [5.74, 6) is -1.68. The minimum Gasteiger partial charge on any atom is -0.478 e. The first-order valence-electron chi connectivity index (χ1n) is 11.7. The lowest BCUT2D eigenvalue weighted by Crippen LogP contribution is -2.33. The lowest BCUT2D eigenvalue weighted by Gasteiger charge is -2.42. The smallest absolute Gasteiger partial charge is 0.478 e. The van der Waals surface area contributed by atoms with E-state index in [1.54, 1.807) is 6.07 Å². The summed E-state index contributed by atoms with van der Waals surface area (Å²) in [6, 6.07) is 15.7. The molecule has 0 amide bonds. The molecule has 4 rings (SSSR count). The Morgan fingerprint density at radius 2 is 1.32 bits per heavy atom. The number of halogens is 3. The molecule has 5 nitrogen and oxygen atoms in total. The van der Waals surface area contributed by atoms with E-state index in [-0.39, 0.29) is 22.0 Å². The first kappa shape index (κ1) is 26.7. The van der Waals surface area contributed by atoms with Gasteiger partial charge in [-0.3, -0.25) is 0 Å². The summed E-state index contributed by atoms with van der Waals surface area (Å²) in [5.41, 5.74) is -1.41. The summed E-state index contributed by atoms with van der Waals surface area (Å²) in [7, 11) is -5.91. The Hall–Kier alpha value is -3.33. The lowest BCUT2D eigenvalue weighted by molar-refractivity contribution is -0.0499. The van der Waals surface area contributed by atoms with Crippen molar-refractivity contribution in [1.82, 2.24) is 0 Å². The minimum absolute atomic E-state index is 0.00405. The van der Waals surface area contributed by atoms with Crippen LogP contribution in [0, 0.1) is 0 Å². The van der Waals surface area contributed by atoms with E-state index in [0.717, 1.165) is 18.4 Å². The lowest BCUT2D eigenvalue weighted by atomic mass is 9.63. The quantitative estimate of drug-likeness (QED) is 0.276. The van der Waals surface area contributed by atoms with Gasteiger partial charge in [0.2, 0.25) is 0 Å². The molecular formula is C28H27F3O5S. The van der Waals surface area contributed by atoms with Gasteiger partial charge in [-0.15, -0.1) is 0 Å².